The van der Waals surface area contributed by atoms with Crippen molar-refractivity contribution < 1.29 is 8.78 Å². The summed E-state index contributed by atoms with van der Waals surface area (Å²) < 4.78 is 30.1. The SMILES string of the molecule is CCCCC1CCC2CC(c3cc(F)c(-c4ccc(CCC)cc4)c(F)c3)CCC2C1. The Morgan fingerprint density at radius 3 is 2.16 bits per heavy atom. The van der Waals surface area contributed by atoms with Gasteiger partial charge in [-0.2, -0.15) is 0 Å². The maximum Gasteiger partial charge on any atom is 0.134 e. The fraction of sp³-hybridized carbons (Fsp3) is 0.586. The summed E-state index contributed by atoms with van der Waals surface area (Å²) in [7, 11) is 0. The molecule has 0 saturated heterocycles. The second-order valence-corrected chi connectivity index (χ2v) is 10.2. The molecule has 2 saturated carbocycles. The molecule has 0 bridgehead atoms. The van der Waals surface area contributed by atoms with Crippen molar-refractivity contribution in [2.45, 2.75) is 90.4 Å². The molecular formula is C29H38F2. The highest BCUT2D eigenvalue weighted by Crippen LogP contribution is 2.48. The largest absolute Gasteiger partial charge is 0.206 e. The van der Waals surface area contributed by atoms with Crippen LogP contribution in [0.1, 0.15) is 95.1 Å². The Hall–Kier alpha value is -1.70. The standard InChI is InChI=1S/C29H38F2/c1-3-5-7-21-10-13-24-17-25(15-14-23(24)16-21)26-18-27(30)29(28(31)19-26)22-11-8-20(6-4-2)9-12-22/h8-9,11-12,18-19,21,23-25H,3-7,10,13-17H2,1-2H3. The Balaban J connectivity index is 1.45. The van der Waals surface area contributed by atoms with Crippen LogP contribution < -0.4 is 0 Å². The molecule has 0 spiro atoms. The van der Waals surface area contributed by atoms with Crippen molar-refractivity contribution in [2.24, 2.45) is 17.8 Å². The number of rotatable bonds is 7. The minimum atomic E-state index is -0.413. The molecular weight excluding hydrogens is 386 g/mol. The van der Waals surface area contributed by atoms with Crippen molar-refractivity contribution in [3.63, 3.8) is 0 Å². The van der Waals surface area contributed by atoms with E-state index in [0.29, 0.717) is 11.5 Å². The van der Waals surface area contributed by atoms with Crippen LogP contribution in [0, 0.1) is 29.4 Å². The van der Waals surface area contributed by atoms with Crippen molar-refractivity contribution in [2.75, 3.05) is 0 Å². The second-order valence-electron chi connectivity index (χ2n) is 10.2. The molecule has 31 heavy (non-hydrogen) atoms. The summed E-state index contributed by atoms with van der Waals surface area (Å²) in [5.74, 6) is 1.97. The lowest BCUT2D eigenvalue weighted by atomic mass is 9.63. The van der Waals surface area contributed by atoms with Gasteiger partial charge in [0.05, 0.1) is 5.56 Å². The van der Waals surface area contributed by atoms with Gasteiger partial charge >= 0.3 is 0 Å². The summed E-state index contributed by atoms with van der Waals surface area (Å²) in [5, 5.41) is 0. The second kappa shape index (κ2) is 10.3. The number of halogens is 2. The van der Waals surface area contributed by atoms with Crippen molar-refractivity contribution in [3.8, 4) is 11.1 Å². The maximum atomic E-state index is 15.1. The fourth-order valence-electron chi connectivity index (χ4n) is 6.28. The van der Waals surface area contributed by atoms with Gasteiger partial charge in [0.25, 0.3) is 0 Å². The quantitative estimate of drug-likeness (QED) is 0.416. The van der Waals surface area contributed by atoms with Gasteiger partial charge in [-0.1, -0.05) is 70.2 Å². The molecule has 2 aliphatic carbocycles. The van der Waals surface area contributed by atoms with Crippen LogP contribution in [0.25, 0.3) is 11.1 Å². The molecule has 4 atom stereocenters. The first-order valence-electron chi connectivity index (χ1n) is 12.7. The lowest BCUT2D eigenvalue weighted by molar-refractivity contribution is 0.113. The highest BCUT2D eigenvalue weighted by molar-refractivity contribution is 5.65. The Morgan fingerprint density at radius 1 is 0.806 bits per heavy atom. The molecule has 0 amide bonds. The van der Waals surface area contributed by atoms with E-state index in [1.165, 1.54) is 50.5 Å². The smallest absolute Gasteiger partial charge is 0.134 e. The summed E-state index contributed by atoms with van der Waals surface area (Å²) in [6.07, 6.45) is 13.6. The third-order valence-electron chi connectivity index (χ3n) is 8.00. The highest BCUT2D eigenvalue weighted by atomic mass is 19.1. The Kier molecular flexibility index (Phi) is 7.46. The van der Waals surface area contributed by atoms with E-state index in [1.807, 2.05) is 24.3 Å². The topological polar surface area (TPSA) is 0 Å². The molecule has 0 heterocycles. The zero-order valence-corrected chi connectivity index (χ0v) is 19.3. The van der Waals surface area contributed by atoms with Gasteiger partial charge in [0.1, 0.15) is 11.6 Å². The van der Waals surface area contributed by atoms with Crippen LogP contribution in [0.4, 0.5) is 8.78 Å². The number of hydrogen-bond acceptors (Lipinski definition) is 0. The normalized spacial score (nSPS) is 25.9. The molecule has 2 fully saturated rings. The van der Waals surface area contributed by atoms with Crippen molar-refractivity contribution in [1.82, 2.24) is 0 Å². The summed E-state index contributed by atoms with van der Waals surface area (Å²) >= 11 is 0. The third-order valence-corrected chi connectivity index (χ3v) is 8.00. The highest BCUT2D eigenvalue weighted by Gasteiger charge is 2.36. The molecule has 0 nitrogen and oxygen atoms in total. The maximum absolute atomic E-state index is 15.1. The molecule has 2 heteroatoms. The van der Waals surface area contributed by atoms with E-state index in [9.17, 15) is 0 Å². The van der Waals surface area contributed by atoms with Crippen LogP contribution in [0.5, 0.6) is 0 Å². The number of hydrogen-bond donors (Lipinski definition) is 0. The Bertz CT molecular complexity index is 831. The predicted octanol–water partition coefficient (Wildman–Crippen LogP) is 9.07. The monoisotopic (exact) mass is 424 g/mol. The van der Waals surface area contributed by atoms with E-state index in [-0.39, 0.29) is 5.56 Å². The third kappa shape index (κ3) is 5.21. The summed E-state index contributed by atoms with van der Waals surface area (Å²) in [6.45, 7) is 4.42. The zero-order chi connectivity index (χ0) is 21.8. The molecule has 2 aromatic rings. The van der Waals surface area contributed by atoms with E-state index in [1.54, 1.807) is 12.1 Å². The van der Waals surface area contributed by atoms with Crippen LogP contribution in [0.3, 0.4) is 0 Å². The van der Waals surface area contributed by atoms with Crippen molar-refractivity contribution in [3.05, 3.63) is 59.2 Å². The van der Waals surface area contributed by atoms with E-state index >= 15 is 8.78 Å². The molecule has 2 aromatic carbocycles. The van der Waals surface area contributed by atoms with Crippen LogP contribution in [-0.2, 0) is 6.42 Å². The molecule has 4 rings (SSSR count). The van der Waals surface area contributed by atoms with E-state index in [4.69, 9.17) is 0 Å². The zero-order valence-electron chi connectivity index (χ0n) is 19.3. The predicted molar refractivity (Wildman–Crippen MR) is 126 cm³/mol. The molecule has 0 aromatic heterocycles. The molecule has 2 aliphatic rings. The average Bonchev–Trinajstić information content (AvgIpc) is 2.78. The molecule has 4 unspecified atom stereocenters. The van der Waals surface area contributed by atoms with Crippen LogP contribution in [0.15, 0.2) is 36.4 Å². The molecule has 0 N–H and O–H groups in total. The number of fused-ring (bicyclic) bond motifs is 1. The van der Waals surface area contributed by atoms with Crippen molar-refractivity contribution >= 4 is 0 Å². The first kappa shape index (κ1) is 22.5. The molecule has 0 radical (unpaired) electrons. The molecule has 168 valence electrons. The Labute approximate surface area is 187 Å². The van der Waals surface area contributed by atoms with Gasteiger partial charge in [-0.05, 0) is 91.0 Å². The first-order chi connectivity index (χ1) is 15.1. The fourth-order valence-corrected chi connectivity index (χ4v) is 6.28. The van der Waals surface area contributed by atoms with Gasteiger partial charge in [-0.15, -0.1) is 0 Å². The molecule has 0 aliphatic heterocycles. The van der Waals surface area contributed by atoms with Crippen LogP contribution >= 0.6 is 0 Å². The summed E-state index contributed by atoms with van der Waals surface area (Å²) in [4.78, 5) is 0. The van der Waals surface area contributed by atoms with E-state index in [0.717, 1.165) is 49.0 Å². The van der Waals surface area contributed by atoms with E-state index < -0.39 is 11.6 Å². The first-order valence-corrected chi connectivity index (χ1v) is 12.7. The number of aryl methyl sites for hydroxylation is 1. The minimum absolute atomic E-state index is 0.122. The Morgan fingerprint density at radius 2 is 1.48 bits per heavy atom. The van der Waals surface area contributed by atoms with Crippen molar-refractivity contribution in [1.29, 1.82) is 0 Å². The van der Waals surface area contributed by atoms with Gasteiger partial charge in [-0.3, -0.25) is 0 Å². The lowest BCUT2D eigenvalue weighted by Crippen LogP contribution is -2.30. The summed E-state index contributed by atoms with van der Waals surface area (Å²) in [6, 6.07) is 10.9. The number of benzene rings is 2. The van der Waals surface area contributed by atoms with Gasteiger partial charge in [0.2, 0.25) is 0 Å². The average molecular weight is 425 g/mol. The van der Waals surface area contributed by atoms with E-state index in [2.05, 4.69) is 13.8 Å². The van der Waals surface area contributed by atoms with Gasteiger partial charge < -0.3 is 0 Å². The number of unbranched alkanes of at least 4 members (excludes halogenated alkanes) is 1. The summed E-state index contributed by atoms with van der Waals surface area (Å²) in [5.41, 5.74) is 2.84. The minimum Gasteiger partial charge on any atom is -0.206 e. The van der Waals surface area contributed by atoms with Crippen LogP contribution in [-0.4, -0.2) is 0 Å². The van der Waals surface area contributed by atoms with Gasteiger partial charge in [-0.25, -0.2) is 8.78 Å². The lowest BCUT2D eigenvalue weighted by Gasteiger charge is -2.42. The van der Waals surface area contributed by atoms with Crippen LogP contribution in [0.2, 0.25) is 0 Å². The van der Waals surface area contributed by atoms with Gasteiger partial charge in [0, 0.05) is 0 Å². The van der Waals surface area contributed by atoms with Gasteiger partial charge in [0.15, 0.2) is 0 Å².